The second-order valence-corrected chi connectivity index (χ2v) is 5.77. The molecule has 2 aromatic rings. The predicted octanol–water partition coefficient (Wildman–Crippen LogP) is 3.08. The van der Waals surface area contributed by atoms with Crippen molar-refractivity contribution in [2.24, 2.45) is 5.73 Å². The number of nitrogens with two attached hydrogens (primary N) is 1. The van der Waals surface area contributed by atoms with Crippen LogP contribution < -0.4 is 10.5 Å². The van der Waals surface area contributed by atoms with Crippen molar-refractivity contribution in [2.75, 3.05) is 0 Å². The first kappa shape index (κ1) is 14.3. The third-order valence-corrected chi connectivity index (χ3v) is 3.96. The van der Waals surface area contributed by atoms with Crippen LogP contribution in [-0.2, 0) is 0 Å². The molecule has 0 fully saturated rings. The van der Waals surface area contributed by atoms with Gasteiger partial charge < -0.3 is 20.7 Å². The molecule has 0 amide bonds. The molecule has 1 aliphatic heterocycles. The highest BCUT2D eigenvalue weighted by Gasteiger charge is 2.33. The highest BCUT2D eigenvalue weighted by Crippen LogP contribution is 2.48. The minimum absolute atomic E-state index is 0.0371. The Morgan fingerprint density at radius 1 is 1.23 bits per heavy atom. The molecule has 5 nitrogen and oxygen atoms in total. The lowest BCUT2D eigenvalue weighted by molar-refractivity contribution is 0.375. The quantitative estimate of drug-likeness (QED) is 0.727. The summed E-state index contributed by atoms with van der Waals surface area (Å²) in [4.78, 5) is 0. The van der Waals surface area contributed by atoms with Crippen LogP contribution in [0.1, 0.15) is 17.0 Å². The molecule has 0 radical (unpaired) electrons. The van der Waals surface area contributed by atoms with Gasteiger partial charge in [0.15, 0.2) is 0 Å². The number of halogens is 1. The Morgan fingerprint density at radius 2 is 2.00 bits per heavy atom. The first-order chi connectivity index (χ1) is 10.5. The molecule has 1 heterocycles. The van der Waals surface area contributed by atoms with Crippen LogP contribution in [0.25, 0.3) is 0 Å². The van der Waals surface area contributed by atoms with Crippen LogP contribution in [0, 0.1) is 11.3 Å². The highest BCUT2D eigenvalue weighted by molar-refractivity contribution is 9.10. The lowest BCUT2D eigenvalue weighted by atomic mass is 9.83. The molecule has 0 bridgehead atoms. The van der Waals surface area contributed by atoms with Crippen molar-refractivity contribution in [1.29, 1.82) is 5.26 Å². The number of aromatic hydroxyl groups is 2. The largest absolute Gasteiger partial charge is 0.508 e. The standard InChI is InChI=1S/C16H11BrN2O3/c17-9-3-1-2-8(4-9)14-11(7-18)16(19)22-13-6-10(20)5-12(21)15(13)14/h1-6,14,20-21H,19H2/t14-/m0/s1. The van der Waals surface area contributed by atoms with Gasteiger partial charge in [-0.15, -0.1) is 0 Å². The summed E-state index contributed by atoms with van der Waals surface area (Å²) in [5, 5.41) is 29.2. The van der Waals surface area contributed by atoms with Crippen molar-refractivity contribution >= 4 is 15.9 Å². The number of fused-ring (bicyclic) bond motifs is 1. The van der Waals surface area contributed by atoms with Gasteiger partial charge in [0.05, 0.1) is 5.92 Å². The number of hydrogen-bond donors (Lipinski definition) is 3. The molecule has 2 aromatic carbocycles. The van der Waals surface area contributed by atoms with E-state index in [0.717, 1.165) is 10.0 Å². The minimum Gasteiger partial charge on any atom is -0.508 e. The zero-order valence-corrected chi connectivity index (χ0v) is 12.8. The SMILES string of the molecule is N#CC1=C(N)Oc2cc(O)cc(O)c2[C@H]1c1cccc(Br)c1. The highest BCUT2D eigenvalue weighted by atomic mass is 79.9. The van der Waals surface area contributed by atoms with Crippen molar-refractivity contribution < 1.29 is 14.9 Å². The Kier molecular flexibility index (Phi) is 3.43. The predicted molar refractivity (Wildman–Crippen MR) is 83.2 cm³/mol. The van der Waals surface area contributed by atoms with E-state index in [4.69, 9.17) is 10.5 Å². The van der Waals surface area contributed by atoms with Gasteiger partial charge in [-0.2, -0.15) is 5.26 Å². The fourth-order valence-corrected chi connectivity index (χ4v) is 2.99. The molecular weight excluding hydrogens is 348 g/mol. The number of allylic oxidation sites excluding steroid dienone is 1. The van der Waals surface area contributed by atoms with Gasteiger partial charge >= 0.3 is 0 Å². The van der Waals surface area contributed by atoms with Crippen LogP contribution in [0.15, 0.2) is 52.3 Å². The van der Waals surface area contributed by atoms with Crippen molar-refractivity contribution in [2.45, 2.75) is 5.92 Å². The monoisotopic (exact) mass is 358 g/mol. The van der Waals surface area contributed by atoms with E-state index in [1.807, 2.05) is 30.3 Å². The van der Waals surface area contributed by atoms with Gasteiger partial charge in [-0.3, -0.25) is 0 Å². The third-order valence-electron chi connectivity index (χ3n) is 3.47. The van der Waals surface area contributed by atoms with Gasteiger partial charge in [0, 0.05) is 22.2 Å². The number of rotatable bonds is 1. The van der Waals surface area contributed by atoms with Crippen LogP contribution in [0.5, 0.6) is 17.2 Å². The summed E-state index contributed by atoms with van der Waals surface area (Å²) in [6.07, 6.45) is 0. The Balaban J connectivity index is 2.30. The van der Waals surface area contributed by atoms with Crippen molar-refractivity contribution in [3.63, 3.8) is 0 Å². The maximum absolute atomic E-state index is 10.2. The number of phenols is 2. The number of phenolic OH excluding ortho intramolecular Hbond substituents is 2. The van der Waals surface area contributed by atoms with E-state index in [9.17, 15) is 15.5 Å². The van der Waals surface area contributed by atoms with Crippen molar-refractivity contribution in [3.05, 3.63) is 63.5 Å². The van der Waals surface area contributed by atoms with Crippen LogP contribution >= 0.6 is 15.9 Å². The molecule has 110 valence electrons. The summed E-state index contributed by atoms with van der Waals surface area (Å²) in [5.74, 6) is -0.659. The van der Waals surface area contributed by atoms with E-state index in [1.54, 1.807) is 0 Å². The molecule has 0 saturated carbocycles. The minimum atomic E-state index is -0.563. The lowest BCUT2D eigenvalue weighted by Crippen LogP contribution is -2.21. The maximum Gasteiger partial charge on any atom is 0.205 e. The molecule has 22 heavy (non-hydrogen) atoms. The molecule has 1 aliphatic rings. The van der Waals surface area contributed by atoms with Crippen molar-refractivity contribution in [1.82, 2.24) is 0 Å². The second kappa shape index (κ2) is 5.28. The van der Waals surface area contributed by atoms with E-state index in [-0.39, 0.29) is 28.7 Å². The Bertz CT molecular complexity index is 840. The second-order valence-electron chi connectivity index (χ2n) is 4.86. The van der Waals surface area contributed by atoms with E-state index < -0.39 is 5.92 Å². The first-order valence-electron chi connectivity index (χ1n) is 6.40. The molecule has 6 heteroatoms. The molecule has 0 unspecified atom stereocenters. The number of benzene rings is 2. The molecule has 4 N–H and O–H groups in total. The Morgan fingerprint density at radius 3 is 2.68 bits per heavy atom. The number of ether oxygens (including phenoxy) is 1. The van der Waals surface area contributed by atoms with Crippen LogP contribution in [0.3, 0.4) is 0 Å². The lowest BCUT2D eigenvalue weighted by Gasteiger charge is -2.27. The molecule has 3 rings (SSSR count). The molecule has 0 saturated heterocycles. The summed E-state index contributed by atoms with van der Waals surface area (Å²) >= 11 is 3.39. The van der Waals surface area contributed by atoms with Gasteiger partial charge in [-0.25, -0.2) is 0 Å². The normalized spacial score (nSPS) is 16.6. The molecule has 0 aliphatic carbocycles. The van der Waals surface area contributed by atoms with Crippen LogP contribution in [-0.4, -0.2) is 10.2 Å². The number of nitrogens with zero attached hydrogens (tertiary/aromatic N) is 1. The molecular formula is C16H11BrN2O3. The molecule has 0 aromatic heterocycles. The summed E-state index contributed by atoms with van der Waals surface area (Å²) in [6.45, 7) is 0. The number of hydrogen-bond acceptors (Lipinski definition) is 5. The van der Waals surface area contributed by atoms with Crippen LogP contribution in [0.4, 0.5) is 0 Å². The average molecular weight is 359 g/mol. The first-order valence-corrected chi connectivity index (χ1v) is 7.19. The van der Waals surface area contributed by atoms with Gasteiger partial charge in [0.1, 0.15) is 28.9 Å². The van der Waals surface area contributed by atoms with Crippen LogP contribution in [0.2, 0.25) is 0 Å². The zero-order chi connectivity index (χ0) is 15.9. The average Bonchev–Trinajstić information content (AvgIpc) is 2.45. The summed E-state index contributed by atoms with van der Waals surface area (Å²) < 4.78 is 6.22. The summed E-state index contributed by atoms with van der Waals surface area (Å²) in [6, 6.07) is 12.0. The maximum atomic E-state index is 10.2. The van der Waals surface area contributed by atoms with E-state index in [0.29, 0.717) is 5.56 Å². The van der Waals surface area contributed by atoms with Gasteiger partial charge in [-0.05, 0) is 17.7 Å². The third kappa shape index (κ3) is 2.26. The summed E-state index contributed by atoms with van der Waals surface area (Å²) in [5.41, 5.74) is 7.23. The van der Waals surface area contributed by atoms with Gasteiger partial charge in [0.2, 0.25) is 5.88 Å². The number of nitriles is 1. The fourth-order valence-electron chi connectivity index (χ4n) is 2.57. The van der Waals surface area contributed by atoms with Gasteiger partial charge in [0.25, 0.3) is 0 Å². The van der Waals surface area contributed by atoms with Gasteiger partial charge in [-0.1, -0.05) is 28.1 Å². The summed E-state index contributed by atoms with van der Waals surface area (Å²) in [7, 11) is 0. The molecule has 0 spiro atoms. The topological polar surface area (TPSA) is 99.5 Å². The van der Waals surface area contributed by atoms with Crippen molar-refractivity contribution in [3.8, 4) is 23.3 Å². The Hall–Kier alpha value is -2.65. The van der Waals surface area contributed by atoms with E-state index in [2.05, 4.69) is 15.9 Å². The molecule has 1 atom stereocenters. The Labute approximate surface area is 135 Å². The van der Waals surface area contributed by atoms with E-state index >= 15 is 0 Å². The fraction of sp³-hybridized carbons (Fsp3) is 0.0625. The van der Waals surface area contributed by atoms with E-state index in [1.165, 1.54) is 12.1 Å². The zero-order valence-electron chi connectivity index (χ0n) is 11.2. The smallest absolute Gasteiger partial charge is 0.205 e.